The molecule has 1 unspecified atom stereocenters. The van der Waals surface area contributed by atoms with Crippen LogP contribution in [0.25, 0.3) is 0 Å². The fourth-order valence-electron chi connectivity index (χ4n) is 2.01. The number of hydrogen-bond donors (Lipinski definition) is 0. The normalized spacial score (nSPS) is 11.9. The van der Waals surface area contributed by atoms with E-state index in [-0.39, 0.29) is 12.9 Å². The first-order valence-corrected chi connectivity index (χ1v) is 6.84. The molecule has 0 saturated carbocycles. The van der Waals surface area contributed by atoms with Gasteiger partial charge in [0, 0.05) is 12.7 Å². The smallest absolute Gasteiger partial charge is 0.188 e. The number of benzene rings is 2. The summed E-state index contributed by atoms with van der Waals surface area (Å²) < 4.78 is 16.5. The molecule has 0 aliphatic rings. The van der Waals surface area contributed by atoms with Crippen molar-refractivity contribution in [1.29, 1.82) is 0 Å². The van der Waals surface area contributed by atoms with Crippen molar-refractivity contribution in [2.45, 2.75) is 12.7 Å². The minimum absolute atomic E-state index is 0.208. The fourth-order valence-corrected chi connectivity index (χ4v) is 2.01. The van der Waals surface area contributed by atoms with Crippen molar-refractivity contribution in [2.24, 2.45) is 0 Å². The van der Waals surface area contributed by atoms with Crippen LogP contribution in [0.4, 0.5) is 0 Å². The summed E-state index contributed by atoms with van der Waals surface area (Å²) in [6.45, 7) is 4.59. The van der Waals surface area contributed by atoms with Crippen LogP contribution in [0.1, 0.15) is 17.2 Å². The molecule has 0 fully saturated rings. The highest BCUT2D eigenvalue weighted by atomic mass is 16.7. The standard InChI is InChI=1S/C18H20O3/c1-3-17(20-13-15-9-5-4-6-10-15)16-11-7-8-12-18(16)21-14-19-2/h3-12,17H,1,13-14H2,2H3. The summed E-state index contributed by atoms with van der Waals surface area (Å²) in [5, 5.41) is 0. The van der Waals surface area contributed by atoms with E-state index >= 15 is 0 Å². The zero-order valence-electron chi connectivity index (χ0n) is 12.2. The molecule has 21 heavy (non-hydrogen) atoms. The van der Waals surface area contributed by atoms with Crippen LogP contribution in [0.5, 0.6) is 5.75 Å². The predicted octanol–water partition coefficient (Wildman–Crippen LogP) is 4.11. The molecular weight excluding hydrogens is 264 g/mol. The number of methoxy groups -OCH3 is 1. The second kappa shape index (κ2) is 8.25. The molecule has 0 aliphatic heterocycles. The minimum atomic E-state index is -0.224. The van der Waals surface area contributed by atoms with Crippen molar-refractivity contribution in [1.82, 2.24) is 0 Å². The lowest BCUT2D eigenvalue weighted by atomic mass is 10.1. The van der Waals surface area contributed by atoms with E-state index in [4.69, 9.17) is 14.2 Å². The third-order valence-electron chi connectivity index (χ3n) is 3.04. The minimum Gasteiger partial charge on any atom is -0.467 e. The van der Waals surface area contributed by atoms with Crippen LogP contribution < -0.4 is 4.74 Å². The number of ether oxygens (including phenoxy) is 3. The Morgan fingerprint density at radius 1 is 1.05 bits per heavy atom. The van der Waals surface area contributed by atoms with E-state index in [1.165, 1.54) is 0 Å². The summed E-state index contributed by atoms with van der Waals surface area (Å²) >= 11 is 0. The van der Waals surface area contributed by atoms with E-state index < -0.39 is 0 Å². The SMILES string of the molecule is C=CC(OCc1ccccc1)c1ccccc1OCOC. The van der Waals surface area contributed by atoms with E-state index in [0.29, 0.717) is 6.61 Å². The van der Waals surface area contributed by atoms with Crippen LogP contribution in [0.2, 0.25) is 0 Å². The first-order chi connectivity index (χ1) is 10.3. The molecule has 0 N–H and O–H groups in total. The number of rotatable bonds is 8. The van der Waals surface area contributed by atoms with E-state index in [0.717, 1.165) is 16.9 Å². The van der Waals surface area contributed by atoms with Crippen LogP contribution >= 0.6 is 0 Å². The lowest BCUT2D eigenvalue weighted by Crippen LogP contribution is -2.06. The molecule has 110 valence electrons. The second-order valence-electron chi connectivity index (χ2n) is 4.54. The highest BCUT2D eigenvalue weighted by Gasteiger charge is 2.13. The van der Waals surface area contributed by atoms with Crippen molar-refractivity contribution in [3.8, 4) is 5.75 Å². The van der Waals surface area contributed by atoms with Gasteiger partial charge in [-0.05, 0) is 11.6 Å². The molecule has 0 amide bonds. The van der Waals surface area contributed by atoms with E-state index in [9.17, 15) is 0 Å². The molecule has 3 heteroatoms. The highest BCUT2D eigenvalue weighted by molar-refractivity contribution is 5.37. The van der Waals surface area contributed by atoms with Gasteiger partial charge >= 0.3 is 0 Å². The largest absolute Gasteiger partial charge is 0.467 e. The highest BCUT2D eigenvalue weighted by Crippen LogP contribution is 2.29. The first-order valence-electron chi connectivity index (χ1n) is 6.84. The lowest BCUT2D eigenvalue weighted by molar-refractivity contribution is 0.0419. The van der Waals surface area contributed by atoms with E-state index in [2.05, 4.69) is 6.58 Å². The van der Waals surface area contributed by atoms with Gasteiger partial charge in [-0.3, -0.25) is 0 Å². The Morgan fingerprint density at radius 2 is 1.76 bits per heavy atom. The van der Waals surface area contributed by atoms with Crippen LogP contribution in [0, 0.1) is 0 Å². The first kappa shape index (κ1) is 15.3. The molecular formula is C18H20O3. The lowest BCUT2D eigenvalue weighted by Gasteiger charge is -2.18. The van der Waals surface area contributed by atoms with Crippen LogP contribution in [-0.4, -0.2) is 13.9 Å². The van der Waals surface area contributed by atoms with Crippen molar-refractivity contribution in [2.75, 3.05) is 13.9 Å². The molecule has 3 nitrogen and oxygen atoms in total. The molecule has 0 aromatic heterocycles. The van der Waals surface area contributed by atoms with Crippen molar-refractivity contribution in [3.63, 3.8) is 0 Å². The quantitative estimate of drug-likeness (QED) is 0.539. The van der Waals surface area contributed by atoms with Gasteiger partial charge in [0.05, 0.1) is 6.61 Å². The van der Waals surface area contributed by atoms with Gasteiger partial charge in [0.15, 0.2) is 6.79 Å². The second-order valence-corrected chi connectivity index (χ2v) is 4.54. The average molecular weight is 284 g/mol. The molecule has 0 saturated heterocycles. The van der Waals surface area contributed by atoms with E-state index in [1.807, 2.05) is 54.6 Å². The van der Waals surface area contributed by atoms with Crippen molar-refractivity contribution < 1.29 is 14.2 Å². The predicted molar refractivity (Wildman–Crippen MR) is 83.1 cm³/mol. The summed E-state index contributed by atoms with van der Waals surface area (Å²) in [5.41, 5.74) is 2.07. The summed E-state index contributed by atoms with van der Waals surface area (Å²) in [6, 6.07) is 17.8. The van der Waals surface area contributed by atoms with Gasteiger partial charge in [0.2, 0.25) is 0 Å². The molecule has 0 radical (unpaired) electrons. The maximum atomic E-state index is 5.95. The van der Waals surface area contributed by atoms with Gasteiger partial charge in [-0.2, -0.15) is 0 Å². The monoisotopic (exact) mass is 284 g/mol. The Labute approximate surface area is 125 Å². The summed E-state index contributed by atoms with van der Waals surface area (Å²) in [7, 11) is 1.60. The average Bonchev–Trinajstić information content (AvgIpc) is 2.55. The van der Waals surface area contributed by atoms with Gasteiger partial charge in [-0.15, -0.1) is 6.58 Å². The van der Waals surface area contributed by atoms with Crippen LogP contribution in [0.3, 0.4) is 0 Å². The molecule has 0 heterocycles. The van der Waals surface area contributed by atoms with E-state index in [1.54, 1.807) is 13.2 Å². The Morgan fingerprint density at radius 3 is 2.48 bits per heavy atom. The van der Waals surface area contributed by atoms with Gasteiger partial charge in [-0.1, -0.05) is 54.6 Å². The van der Waals surface area contributed by atoms with Gasteiger partial charge in [0.1, 0.15) is 11.9 Å². The van der Waals surface area contributed by atoms with Gasteiger partial charge < -0.3 is 14.2 Å². The van der Waals surface area contributed by atoms with Crippen molar-refractivity contribution >= 4 is 0 Å². The third-order valence-corrected chi connectivity index (χ3v) is 3.04. The van der Waals surface area contributed by atoms with Gasteiger partial charge in [-0.25, -0.2) is 0 Å². The van der Waals surface area contributed by atoms with Crippen molar-refractivity contribution in [3.05, 3.63) is 78.4 Å². The fraction of sp³-hybridized carbons (Fsp3) is 0.222. The summed E-state index contributed by atoms with van der Waals surface area (Å²) in [5.74, 6) is 0.748. The Kier molecular flexibility index (Phi) is 6.00. The van der Waals surface area contributed by atoms with Gasteiger partial charge in [0.25, 0.3) is 0 Å². The Hall–Kier alpha value is -2.10. The maximum absolute atomic E-state index is 5.95. The zero-order valence-corrected chi connectivity index (χ0v) is 12.2. The zero-order chi connectivity index (χ0) is 14.9. The summed E-state index contributed by atoms with van der Waals surface area (Å²) in [6.07, 6.45) is 1.55. The Bertz CT molecular complexity index is 551. The third kappa shape index (κ3) is 4.45. The number of para-hydroxylation sites is 1. The maximum Gasteiger partial charge on any atom is 0.188 e. The molecule has 0 spiro atoms. The molecule has 1 atom stereocenters. The van der Waals surface area contributed by atoms with Crippen LogP contribution in [-0.2, 0) is 16.1 Å². The van der Waals surface area contributed by atoms with Crippen LogP contribution in [0.15, 0.2) is 67.3 Å². The molecule has 2 aromatic carbocycles. The topological polar surface area (TPSA) is 27.7 Å². The molecule has 0 bridgehead atoms. The Balaban J connectivity index is 2.08. The molecule has 2 rings (SSSR count). The molecule has 0 aliphatic carbocycles. The summed E-state index contributed by atoms with van der Waals surface area (Å²) in [4.78, 5) is 0. The number of hydrogen-bond acceptors (Lipinski definition) is 3. The molecule has 2 aromatic rings.